The van der Waals surface area contributed by atoms with Crippen LogP contribution in [0.1, 0.15) is 17.3 Å². The molecule has 0 saturated heterocycles. The number of benzene rings is 2. The van der Waals surface area contributed by atoms with E-state index in [1.807, 2.05) is 31.2 Å². The van der Waals surface area contributed by atoms with Gasteiger partial charge in [0.05, 0.1) is 27.4 Å². The minimum atomic E-state index is -0.219. The average Bonchev–Trinajstić information content (AvgIpc) is 2.65. The summed E-state index contributed by atoms with van der Waals surface area (Å²) in [6.07, 6.45) is 0. The molecular weight excluding hydrogens is 322 g/mol. The molecule has 1 N–H and O–H groups in total. The molecule has 6 nitrogen and oxygen atoms in total. The Bertz CT molecular complexity index is 680. The Morgan fingerprint density at radius 3 is 2.12 bits per heavy atom. The Morgan fingerprint density at radius 2 is 1.52 bits per heavy atom. The van der Waals surface area contributed by atoms with Crippen LogP contribution in [0.5, 0.6) is 23.0 Å². The van der Waals surface area contributed by atoms with Crippen molar-refractivity contribution in [2.45, 2.75) is 6.92 Å². The molecule has 0 fully saturated rings. The molecule has 0 atom stereocenters. The summed E-state index contributed by atoms with van der Waals surface area (Å²) in [6, 6.07) is 12.4. The van der Waals surface area contributed by atoms with E-state index in [0.717, 1.165) is 5.75 Å². The van der Waals surface area contributed by atoms with Crippen molar-refractivity contribution in [3.8, 4) is 23.0 Å². The van der Waals surface area contributed by atoms with Crippen molar-refractivity contribution >= 4 is 5.91 Å². The third-order valence-corrected chi connectivity index (χ3v) is 3.39. The van der Waals surface area contributed by atoms with Crippen LogP contribution >= 0.6 is 0 Å². The summed E-state index contributed by atoms with van der Waals surface area (Å²) in [5.74, 6) is 2.36. The number of hydrogen-bond donors (Lipinski definition) is 1. The van der Waals surface area contributed by atoms with E-state index >= 15 is 0 Å². The maximum atomic E-state index is 12.2. The van der Waals surface area contributed by atoms with Crippen molar-refractivity contribution in [1.82, 2.24) is 5.32 Å². The highest BCUT2D eigenvalue weighted by Crippen LogP contribution is 2.22. The SMILES string of the molecule is CCOc1cccc(OCCNC(=O)c2cc(OC)cc(OC)c2)c1. The standard InChI is InChI=1S/C19H23NO5/c1-4-24-15-6-5-7-16(12-15)25-9-8-20-19(21)14-10-17(22-2)13-18(11-14)23-3/h5-7,10-13H,4,8-9H2,1-3H3,(H,20,21). The second kappa shape index (κ2) is 9.42. The van der Waals surface area contributed by atoms with E-state index in [1.54, 1.807) is 32.4 Å². The summed E-state index contributed by atoms with van der Waals surface area (Å²) in [5.41, 5.74) is 0.467. The molecule has 0 saturated carbocycles. The van der Waals surface area contributed by atoms with E-state index in [2.05, 4.69) is 5.32 Å². The lowest BCUT2D eigenvalue weighted by Gasteiger charge is -2.11. The second-order valence-electron chi connectivity index (χ2n) is 5.11. The van der Waals surface area contributed by atoms with Crippen LogP contribution in [0.15, 0.2) is 42.5 Å². The number of methoxy groups -OCH3 is 2. The minimum absolute atomic E-state index is 0.219. The molecule has 0 spiro atoms. The monoisotopic (exact) mass is 345 g/mol. The van der Waals surface area contributed by atoms with E-state index in [4.69, 9.17) is 18.9 Å². The third-order valence-electron chi connectivity index (χ3n) is 3.39. The minimum Gasteiger partial charge on any atom is -0.497 e. The smallest absolute Gasteiger partial charge is 0.251 e. The summed E-state index contributed by atoms with van der Waals surface area (Å²) < 4.78 is 21.4. The zero-order chi connectivity index (χ0) is 18.1. The lowest BCUT2D eigenvalue weighted by atomic mass is 10.2. The number of nitrogens with one attached hydrogen (secondary N) is 1. The molecule has 134 valence electrons. The van der Waals surface area contributed by atoms with Gasteiger partial charge in [-0.1, -0.05) is 6.07 Å². The zero-order valence-electron chi connectivity index (χ0n) is 14.7. The van der Waals surface area contributed by atoms with Crippen molar-refractivity contribution in [3.05, 3.63) is 48.0 Å². The number of ether oxygens (including phenoxy) is 4. The van der Waals surface area contributed by atoms with Crippen LogP contribution in [-0.4, -0.2) is 39.9 Å². The van der Waals surface area contributed by atoms with Gasteiger partial charge in [0.15, 0.2) is 0 Å². The van der Waals surface area contributed by atoms with Gasteiger partial charge in [0.25, 0.3) is 5.91 Å². The van der Waals surface area contributed by atoms with Gasteiger partial charge in [-0.2, -0.15) is 0 Å². The van der Waals surface area contributed by atoms with E-state index in [-0.39, 0.29) is 5.91 Å². The predicted octanol–water partition coefficient (Wildman–Crippen LogP) is 2.91. The predicted molar refractivity (Wildman–Crippen MR) is 95.0 cm³/mol. The van der Waals surface area contributed by atoms with E-state index in [1.165, 1.54) is 0 Å². The molecule has 2 rings (SSSR count). The van der Waals surface area contributed by atoms with Gasteiger partial charge < -0.3 is 24.3 Å². The zero-order valence-corrected chi connectivity index (χ0v) is 14.7. The molecule has 0 aliphatic rings. The first-order chi connectivity index (χ1) is 12.2. The molecule has 0 aromatic heterocycles. The van der Waals surface area contributed by atoms with Crippen molar-refractivity contribution in [2.75, 3.05) is 34.0 Å². The summed E-state index contributed by atoms with van der Waals surface area (Å²) >= 11 is 0. The molecule has 0 aliphatic carbocycles. The fourth-order valence-electron chi connectivity index (χ4n) is 2.19. The molecule has 2 aromatic carbocycles. The number of rotatable bonds is 9. The highest BCUT2D eigenvalue weighted by Gasteiger charge is 2.09. The van der Waals surface area contributed by atoms with Crippen molar-refractivity contribution < 1.29 is 23.7 Å². The summed E-state index contributed by atoms with van der Waals surface area (Å²) in [7, 11) is 3.08. The van der Waals surface area contributed by atoms with Crippen LogP contribution in [0.4, 0.5) is 0 Å². The first-order valence-corrected chi connectivity index (χ1v) is 8.03. The summed E-state index contributed by atoms with van der Waals surface area (Å²) in [6.45, 7) is 3.25. The Balaban J connectivity index is 1.85. The number of carbonyl (C=O) groups is 1. The number of amides is 1. The van der Waals surface area contributed by atoms with Crippen LogP contribution in [0.3, 0.4) is 0 Å². The Labute approximate surface area is 147 Å². The number of hydrogen-bond acceptors (Lipinski definition) is 5. The molecule has 25 heavy (non-hydrogen) atoms. The van der Waals surface area contributed by atoms with Gasteiger partial charge in [-0.25, -0.2) is 0 Å². The highest BCUT2D eigenvalue weighted by atomic mass is 16.5. The van der Waals surface area contributed by atoms with Crippen LogP contribution in [-0.2, 0) is 0 Å². The first kappa shape index (κ1) is 18.4. The lowest BCUT2D eigenvalue weighted by Crippen LogP contribution is -2.28. The van der Waals surface area contributed by atoms with Crippen molar-refractivity contribution in [2.24, 2.45) is 0 Å². The Hall–Kier alpha value is -2.89. The van der Waals surface area contributed by atoms with Crippen molar-refractivity contribution in [1.29, 1.82) is 0 Å². The third kappa shape index (κ3) is 5.60. The quantitative estimate of drug-likeness (QED) is 0.708. The summed E-state index contributed by atoms with van der Waals surface area (Å²) in [5, 5.41) is 2.81. The van der Waals surface area contributed by atoms with Gasteiger partial charge in [0.1, 0.15) is 29.6 Å². The average molecular weight is 345 g/mol. The Morgan fingerprint density at radius 1 is 0.920 bits per heavy atom. The van der Waals surface area contributed by atoms with E-state index in [0.29, 0.717) is 42.6 Å². The largest absolute Gasteiger partial charge is 0.497 e. The van der Waals surface area contributed by atoms with Crippen LogP contribution in [0, 0.1) is 0 Å². The van der Waals surface area contributed by atoms with Gasteiger partial charge >= 0.3 is 0 Å². The van der Waals surface area contributed by atoms with Gasteiger partial charge in [0.2, 0.25) is 0 Å². The first-order valence-electron chi connectivity index (χ1n) is 8.03. The molecule has 6 heteroatoms. The van der Waals surface area contributed by atoms with Gasteiger partial charge in [-0.05, 0) is 31.2 Å². The fourth-order valence-corrected chi connectivity index (χ4v) is 2.19. The molecule has 0 unspecified atom stereocenters. The molecule has 0 radical (unpaired) electrons. The topological polar surface area (TPSA) is 66.0 Å². The molecular formula is C19H23NO5. The van der Waals surface area contributed by atoms with Crippen LogP contribution in [0.2, 0.25) is 0 Å². The van der Waals surface area contributed by atoms with E-state index < -0.39 is 0 Å². The van der Waals surface area contributed by atoms with Crippen LogP contribution in [0.25, 0.3) is 0 Å². The van der Waals surface area contributed by atoms with Gasteiger partial charge in [-0.3, -0.25) is 4.79 Å². The maximum Gasteiger partial charge on any atom is 0.251 e. The highest BCUT2D eigenvalue weighted by molar-refractivity contribution is 5.95. The fraction of sp³-hybridized carbons (Fsp3) is 0.316. The van der Waals surface area contributed by atoms with Crippen LogP contribution < -0.4 is 24.3 Å². The molecule has 2 aromatic rings. The molecule has 0 bridgehead atoms. The number of carbonyl (C=O) groups excluding carboxylic acids is 1. The Kier molecular flexibility index (Phi) is 6.95. The lowest BCUT2D eigenvalue weighted by molar-refractivity contribution is 0.0946. The normalized spacial score (nSPS) is 10.0. The van der Waals surface area contributed by atoms with Crippen molar-refractivity contribution in [3.63, 3.8) is 0 Å². The molecule has 0 heterocycles. The molecule has 1 amide bonds. The molecule has 0 aliphatic heterocycles. The van der Waals surface area contributed by atoms with Gasteiger partial charge in [0, 0.05) is 17.7 Å². The summed E-state index contributed by atoms with van der Waals surface area (Å²) in [4.78, 5) is 12.2. The van der Waals surface area contributed by atoms with Gasteiger partial charge in [-0.15, -0.1) is 0 Å². The second-order valence-corrected chi connectivity index (χ2v) is 5.11. The van der Waals surface area contributed by atoms with E-state index in [9.17, 15) is 4.79 Å². The maximum absolute atomic E-state index is 12.2.